The standard InChI is InChI=1S/C18H25N5O3S/c24-18-15-17(19-16-7-3-6-10-23(16)18)20-11-13-22(14-12-20)27(25,26)21-8-4-1-2-5-9-21/h3,6-7,10,15H,1-2,4-5,8-9,11-14H2. The average molecular weight is 391 g/mol. The number of fused-ring (bicyclic) bond motifs is 1. The van der Waals surface area contributed by atoms with Gasteiger partial charge in [-0.1, -0.05) is 18.9 Å². The fourth-order valence-corrected chi connectivity index (χ4v) is 5.46. The summed E-state index contributed by atoms with van der Waals surface area (Å²) in [5.74, 6) is 0.609. The Balaban J connectivity index is 1.48. The van der Waals surface area contributed by atoms with E-state index < -0.39 is 10.2 Å². The third kappa shape index (κ3) is 3.71. The van der Waals surface area contributed by atoms with Crippen LogP contribution < -0.4 is 10.5 Å². The predicted octanol–water partition coefficient (Wildman–Crippen LogP) is 0.937. The zero-order chi connectivity index (χ0) is 18.9. The molecule has 4 rings (SSSR count). The minimum absolute atomic E-state index is 0.129. The molecule has 0 radical (unpaired) electrons. The van der Waals surface area contributed by atoms with Gasteiger partial charge in [-0.05, 0) is 25.0 Å². The van der Waals surface area contributed by atoms with Crippen LogP contribution in [0.3, 0.4) is 0 Å². The molecule has 0 N–H and O–H groups in total. The number of pyridine rings is 1. The first-order valence-corrected chi connectivity index (χ1v) is 10.9. The van der Waals surface area contributed by atoms with E-state index in [-0.39, 0.29) is 5.56 Å². The van der Waals surface area contributed by atoms with Crippen LogP contribution in [0.5, 0.6) is 0 Å². The Morgan fingerprint density at radius 1 is 0.852 bits per heavy atom. The molecule has 2 aliphatic rings. The van der Waals surface area contributed by atoms with Crippen molar-refractivity contribution in [3.8, 4) is 0 Å². The molecule has 0 unspecified atom stereocenters. The number of rotatable bonds is 3. The van der Waals surface area contributed by atoms with Crippen molar-refractivity contribution in [1.29, 1.82) is 0 Å². The first-order chi connectivity index (χ1) is 13.1. The summed E-state index contributed by atoms with van der Waals surface area (Å²) in [7, 11) is -3.40. The third-order valence-electron chi connectivity index (χ3n) is 5.34. The van der Waals surface area contributed by atoms with E-state index in [1.54, 1.807) is 26.9 Å². The van der Waals surface area contributed by atoms with Gasteiger partial charge in [-0.15, -0.1) is 0 Å². The minimum Gasteiger partial charge on any atom is -0.354 e. The molecule has 9 heteroatoms. The van der Waals surface area contributed by atoms with Crippen LogP contribution in [0.1, 0.15) is 25.7 Å². The molecule has 0 amide bonds. The van der Waals surface area contributed by atoms with E-state index in [0.717, 1.165) is 25.7 Å². The molecule has 4 heterocycles. The van der Waals surface area contributed by atoms with Crippen molar-refractivity contribution in [1.82, 2.24) is 18.0 Å². The van der Waals surface area contributed by atoms with E-state index in [4.69, 9.17) is 0 Å². The Bertz CT molecular complexity index is 958. The lowest BCUT2D eigenvalue weighted by molar-refractivity contribution is 0.327. The van der Waals surface area contributed by atoms with Crippen molar-refractivity contribution in [2.24, 2.45) is 0 Å². The van der Waals surface area contributed by atoms with E-state index in [2.05, 4.69) is 4.98 Å². The lowest BCUT2D eigenvalue weighted by Gasteiger charge is -2.37. The van der Waals surface area contributed by atoms with Gasteiger partial charge in [0.15, 0.2) is 0 Å². The van der Waals surface area contributed by atoms with E-state index in [1.165, 1.54) is 10.5 Å². The summed E-state index contributed by atoms with van der Waals surface area (Å²) in [5.41, 5.74) is 0.467. The van der Waals surface area contributed by atoms with Gasteiger partial charge >= 0.3 is 0 Å². The van der Waals surface area contributed by atoms with Gasteiger partial charge in [0.2, 0.25) is 0 Å². The molecule has 0 bridgehead atoms. The second-order valence-electron chi connectivity index (χ2n) is 7.09. The summed E-state index contributed by atoms with van der Waals surface area (Å²) in [6.07, 6.45) is 5.76. The largest absolute Gasteiger partial charge is 0.354 e. The van der Waals surface area contributed by atoms with Crippen molar-refractivity contribution in [2.75, 3.05) is 44.2 Å². The van der Waals surface area contributed by atoms with Crippen molar-refractivity contribution < 1.29 is 8.42 Å². The quantitative estimate of drug-likeness (QED) is 0.778. The summed E-state index contributed by atoms with van der Waals surface area (Å²) in [5, 5.41) is 0. The van der Waals surface area contributed by atoms with E-state index >= 15 is 0 Å². The molecule has 2 aromatic heterocycles. The molecule has 0 spiro atoms. The zero-order valence-corrected chi connectivity index (χ0v) is 16.1. The summed E-state index contributed by atoms with van der Waals surface area (Å²) in [6.45, 7) is 3.12. The molecule has 8 nitrogen and oxygen atoms in total. The highest BCUT2D eigenvalue weighted by Gasteiger charge is 2.32. The lowest BCUT2D eigenvalue weighted by atomic mass is 10.2. The van der Waals surface area contributed by atoms with E-state index in [0.29, 0.717) is 50.7 Å². The molecule has 2 aromatic rings. The Labute approximate surface area is 159 Å². The van der Waals surface area contributed by atoms with Gasteiger partial charge in [-0.2, -0.15) is 17.0 Å². The maximum Gasteiger partial charge on any atom is 0.282 e. The smallest absolute Gasteiger partial charge is 0.282 e. The number of hydrogen-bond acceptors (Lipinski definition) is 5. The molecule has 2 fully saturated rings. The van der Waals surface area contributed by atoms with Crippen LogP contribution in [-0.2, 0) is 10.2 Å². The monoisotopic (exact) mass is 391 g/mol. The minimum atomic E-state index is -3.40. The maximum absolute atomic E-state index is 12.9. The molecular weight excluding hydrogens is 366 g/mol. The highest BCUT2D eigenvalue weighted by Crippen LogP contribution is 2.19. The average Bonchev–Trinajstić information content (AvgIpc) is 2.98. The van der Waals surface area contributed by atoms with Gasteiger partial charge in [0, 0.05) is 51.5 Å². The first-order valence-electron chi connectivity index (χ1n) is 9.54. The predicted molar refractivity (Wildman–Crippen MR) is 104 cm³/mol. The number of hydrogen-bond donors (Lipinski definition) is 0. The van der Waals surface area contributed by atoms with Crippen LogP contribution >= 0.6 is 0 Å². The summed E-state index contributed by atoms with van der Waals surface area (Å²) >= 11 is 0. The van der Waals surface area contributed by atoms with Crippen LogP contribution in [0, 0.1) is 0 Å². The van der Waals surface area contributed by atoms with Crippen LogP contribution in [-0.4, -0.2) is 65.7 Å². The van der Waals surface area contributed by atoms with Crippen LogP contribution in [0.4, 0.5) is 5.82 Å². The molecule has 0 atom stereocenters. The molecule has 2 aliphatic heterocycles. The van der Waals surface area contributed by atoms with Crippen LogP contribution in [0.25, 0.3) is 5.65 Å². The number of piperazine rings is 1. The first kappa shape index (κ1) is 18.4. The van der Waals surface area contributed by atoms with Crippen molar-refractivity contribution >= 4 is 21.7 Å². The third-order valence-corrected chi connectivity index (χ3v) is 7.37. The number of nitrogens with zero attached hydrogens (tertiary/aromatic N) is 5. The normalized spacial score (nSPS) is 20.7. The fourth-order valence-electron chi connectivity index (χ4n) is 3.79. The van der Waals surface area contributed by atoms with E-state index in [1.807, 2.05) is 11.0 Å². The fraction of sp³-hybridized carbons (Fsp3) is 0.556. The Morgan fingerprint density at radius 2 is 1.52 bits per heavy atom. The summed E-state index contributed by atoms with van der Waals surface area (Å²) < 4.78 is 30.6. The topological polar surface area (TPSA) is 78.2 Å². The molecule has 146 valence electrons. The summed E-state index contributed by atoms with van der Waals surface area (Å²) in [6, 6.07) is 6.95. The Hall–Kier alpha value is -1.97. The van der Waals surface area contributed by atoms with Gasteiger partial charge in [0.25, 0.3) is 15.8 Å². The van der Waals surface area contributed by atoms with Gasteiger partial charge in [0.05, 0.1) is 0 Å². The van der Waals surface area contributed by atoms with Gasteiger partial charge in [-0.25, -0.2) is 4.98 Å². The second-order valence-corrected chi connectivity index (χ2v) is 9.02. The molecular formula is C18H25N5O3S. The Morgan fingerprint density at radius 3 is 2.22 bits per heavy atom. The Kier molecular flexibility index (Phi) is 5.16. The molecule has 27 heavy (non-hydrogen) atoms. The molecule has 0 aromatic carbocycles. The van der Waals surface area contributed by atoms with Crippen LogP contribution in [0.2, 0.25) is 0 Å². The highest BCUT2D eigenvalue weighted by molar-refractivity contribution is 7.86. The highest BCUT2D eigenvalue weighted by atomic mass is 32.2. The molecule has 0 aliphatic carbocycles. The molecule has 0 saturated carbocycles. The van der Waals surface area contributed by atoms with Crippen molar-refractivity contribution in [3.63, 3.8) is 0 Å². The van der Waals surface area contributed by atoms with Gasteiger partial charge in [0.1, 0.15) is 11.5 Å². The van der Waals surface area contributed by atoms with Crippen LogP contribution in [0.15, 0.2) is 35.3 Å². The zero-order valence-electron chi connectivity index (χ0n) is 15.3. The van der Waals surface area contributed by atoms with Crippen molar-refractivity contribution in [3.05, 3.63) is 40.8 Å². The number of aromatic nitrogens is 2. The van der Waals surface area contributed by atoms with Crippen molar-refractivity contribution in [2.45, 2.75) is 25.7 Å². The van der Waals surface area contributed by atoms with E-state index in [9.17, 15) is 13.2 Å². The van der Waals surface area contributed by atoms with Gasteiger partial charge in [-0.3, -0.25) is 9.20 Å². The SMILES string of the molecule is O=c1cc(N2CCN(S(=O)(=O)N3CCCCCC3)CC2)nc2ccccn12. The molecule has 2 saturated heterocycles. The lowest BCUT2D eigenvalue weighted by Crippen LogP contribution is -2.53. The maximum atomic E-state index is 12.9. The second kappa shape index (κ2) is 7.57. The number of anilines is 1. The summed E-state index contributed by atoms with van der Waals surface area (Å²) in [4.78, 5) is 18.8. The van der Waals surface area contributed by atoms with Gasteiger partial charge < -0.3 is 4.90 Å².